The molecule has 1 aliphatic carbocycles. The highest BCUT2D eigenvalue weighted by Crippen LogP contribution is 2.32. The van der Waals surface area contributed by atoms with Crippen molar-refractivity contribution in [2.24, 2.45) is 11.7 Å². The lowest BCUT2D eigenvalue weighted by Gasteiger charge is -2.14. The maximum Gasteiger partial charge on any atom is 0.290 e. The van der Waals surface area contributed by atoms with E-state index in [4.69, 9.17) is 10.3 Å². The largest absolute Gasteiger partial charge is 0.351 e. The molecule has 14 heavy (non-hydrogen) atoms. The smallest absolute Gasteiger partial charge is 0.290 e. The van der Waals surface area contributed by atoms with Crippen LogP contribution in [0.1, 0.15) is 23.4 Å². The zero-order chi connectivity index (χ0) is 9.97. The summed E-state index contributed by atoms with van der Waals surface area (Å²) in [5.74, 6) is 0.556. The lowest BCUT2D eigenvalue weighted by molar-refractivity contribution is 0.0896. The van der Waals surface area contributed by atoms with Crippen molar-refractivity contribution >= 4 is 5.91 Å². The van der Waals surface area contributed by atoms with E-state index in [0.29, 0.717) is 12.5 Å². The number of nitrogens with two attached hydrogens (primary N) is 1. The summed E-state index contributed by atoms with van der Waals surface area (Å²) in [6, 6.07) is 1.61. The molecule has 3 N–H and O–H groups in total. The van der Waals surface area contributed by atoms with Gasteiger partial charge >= 0.3 is 0 Å². The first-order valence-electron chi connectivity index (χ1n) is 4.73. The fourth-order valence-corrected chi connectivity index (χ4v) is 1.44. The minimum atomic E-state index is -0.232. The Morgan fingerprint density at radius 3 is 3.07 bits per heavy atom. The van der Waals surface area contributed by atoms with E-state index in [1.165, 1.54) is 12.3 Å². The second kappa shape index (κ2) is 3.79. The van der Waals surface area contributed by atoms with Crippen molar-refractivity contribution in [1.29, 1.82) is 0 Å². The number of hydrogen-bond donors (Lipinski definition) is 2. The topological polar surface area (TPSA) is 81.1 Å². The third kappa shape index (κ3) is 1.93. The van der Waals surface area contributed by atoms with Crippen molar-refractivity contribution < 1.29 is 9.32 Å². The maximum absolute atomic E-state index is 11.5. The van der Waals surface area contributed by atoms with E-state index in [9.17, 15) is 4.79 Å². The Labute approximate surface area is 81.6 Å². The molecular formula is C9H13N3O2. The fourth-order valence-electron chi connectivity index (χ4n) is 1.44. The van der Waals surface area contributed by atoms with Gasteiger partial charge in [-0.2, -0.15) is 0 Å². The molecule has 0 aliphatic heterocycles. The van der Waals surface area contributed by atoms with E-state index in [1.54, 1.807) is 0 Å². The van der Waals surface area contributed by atoms with Gasteiger partial charge in [-0.25, -0.2) is 0 Å². The predicted octanol–water partition coefficient (Wildman–Crippen LogP) is 0.142. The van der Waals surface area contributed by atoms with Crippen molar-refractivity contribution in [3.63, 3.8) is 0 Å². The Morgan fingerprint density at radius 2 is 2.57 bits per heavy atom. The van der Waals surface area contributed by atoms with Crippen LogP contribution in [0.5, 0.6) is 0 Å². The van der Waals surface area contributed by atoms with Gasteiger partial charge in [0.25, 0.3) is 5.91 Å². The third-order valence-electron chi connectivity index (χ3n) is 2.42. The van der Waals surface area contributed by atoms with Crippen LogP contribution in [-0.4, -0.2) is 23.7 Å². The Hall–Kier alpha value is -1.36. The molecule has 1 aromatic heterocycles. The van der Waals surface area contributed by atoms with Gasteiger partial charge in [-0.15, -0.1) is 0 Å². The molecule has 76 valence electrons. The molecule has 1 fully saturated rings. The molecule has 1 aromatic rings. The molecule has 0 bridgehead atoms. The molecule has 5 heteroatoms. The average molecular weight is 195 g/mol. The van der Waals surface area contributed by atoms with Gasteiger partial charge in [0.05, 0.1) is 6.20 Å². The summed E-state index contributed by atoms with van der Waals surface area (Å²) in [6.45, 7) is 0.477. The van der Waals surface area contributed by atoms with Crippen LogP contribution in [0.2, 0.25) is 0 Å². The number of nitrogens with zero attached hydrogens (tertiary/aromatic N) is 1. The molecule has 2 rings (SSSR count). The van der Waals surface area contributed by atoms with Crippen LogP contribution in [0.4, 0.5) is 0 Å². The van der Waals surface area contributed by atoms with Crippen LogP contribution in [0, 0.1) is 5.92 Å². The zero-order valence-electron chi connectivity index (χ0n) is 7.77. The summed E-state index contributed by atoms with van der Waals surface area (Å²) in [6.07, 6.45) is 3.75. The number of hydrogen-bond acceptors (Lipinski definition) is 4. The highest BCUT2D eigenvalue weighted by molar-refractivity contribution is 5.91. The average Bonchev–Trinajstić information content (AvgIpc) is 2.88. The van der Waals surface area contributed by atoms with Gasteiger partial charge in [0.1, 0.15) is 0 Å². The molecule has 1 amide bonds. The van der Waals surface area contributed by atoms with Crippen molar-refractivity contribution in [1.82, 2.24) is 10.5 Å². The summed E-state index contributed by atoms with van der Waals surface area (Å²) in [5, 5.41) is 6.30. The standard InChI is InChI=1S/C9H13N3O2/c10-5-7(6-1-2-6)12-9(13)8-3-4-11-14-8/h3-4,6-7H,1-2,5,10H2,(H,12,13). The maximum atomic E-state index is 11.5. The Kier molecular flexibility index (Phi) is 2.49. The van der Waals surface area contributed by atoms with Crippen LogP contribution < -0.4 is 11.1 Å². The summed E-state index contributed by atoms with van der Waals surface area (Å²) in [7, 11) is 0. The summed E-state index contributed by atoms with van der Waals surface area (Å²) in [5.41, 5.74) is 5.55. The van der Waals surface area contributed by atoms with Gasteiger partial charge in [0.15, 0.2) is 0 Å². The molecule has 1 saturated carbocycles. The highest BCUT2D eigenvalue weighted by Gasteiger charge is 2.31. The molecule has 1 atom stereocenters. The number of aromatic nitrogens is 1. The Morgan fingerprint density at radius 1 is 1.79 bits per heavy atom. The molecule has 1 unspecified atom stereocenters. The third-order valence-corrected chi connectivity index (χ3v) is 2.42. The van der Waals surface area contributed by atoms with Crippen molar-refractivity contribution in [3.8, 4) is 0 Å². The minimum Gasteiger partial charge on any atom is -0.351 e. The lowest BCUT2D eigenvalue weighted by atomic mass is 10.2. The molecule has 1 heterocycles. The normalized spacial score (nSPS) is 17.8. The summed E-state index contributed by atoms with van der Waals surface area (Å²) >= 11 is 0. The van der Waals surface area contributed by atoms with Crippen molar-refractivity contribution in [2.75, 3.05) is 6.54 Å². The van der Waals surface area contributed by atoms with Crippen LogP contribution >= 0.6 is 0 Å². The van der Waals surface area contributed by atoms with Gasteiger partial charge in [-0.3, -0.25) is 4.79 Å². The van der Waals surface area contributed by atoms with Gasteiger partial charge in [-0.1, -0.05) is 5.16 Å². The number of amides is 1. The fraction of sp³-hybridized carbons (Fsp3) is 0.556. The van der Waals surface area contributed by atoms with E-state index in [2.05, 4.69) is 10.5 Å². The van der Waals surface area contributed by atoms with E-state index in [0.717, 1.165) is 12.8 Å². The Balaban J connectivity index is 1.92. The van der Waals surface area contributed by atoms with Gasteiger partial charge < -0.3 is 15.6 Å². The van der Waals surface area contributed by atoms with Crippen molar-refractivity contribution in [2.45, 2.75) is 18.9 Å². The summed E-state index contributed by atoms with van der Waals surface area (Å²) < 4.78 is 4.74. The first-order valence-corrected chi connectivity index (χ1v) is 4.73. The van der Waals surface area contributed by atoms with E-state index >= 15 is 0 Å². The summed E-state index contributed by atoms with van der Waals surface area (Å²) in [4.78, 5) is 11.5. The lowest BCUT2D eigenvalue weighted by Crippen LogP contribution is -2.41. The molecule has 5 nitrogen and oxygen atoms in total. The SMILES string of the molecule is NCC(NC(=O)c1ccno1)C1CC1. The second-order valence-corrected chi connectivity index (χ2v) is 3.53. The zero-order valence-corrected chi connectivity index (χ0v) is 7.77. The van der Waals surface area contributed by atoms with Crippen LogP contribution in [0.3, 0.4) is 0 Å². The monoisotopic (exact) mass is 195 g/mol. The molecular weight excluding hydrogens is 182 g/mol. The van der Waals surface area contributed by atoms with Crippen LogP contribution in [0.15, 0.2) is 16.8 Å². The van der Waals surface area contributed by atoms with Gasteiger partial charge in [-0.05, 0) is 18.8 Å². The second-order valence-electron chi connectivity index (χ2n) is 3.53. The quantitative estimate of drug-likeness (QED) is 0.716. The molecule has 0 spiro atoms. The number of carbonyl (C=O) groups excluding carboxylic acids is 1. The minimum absolute atomic E-state index is 0.0765. The molecule has 0 radical (unpaired) electrons. The molecule has 1 aliphatic rings. The first-order chi connectivity index (χ1) is 6.81. The van der Waals surface area contributed by atoms with Crippen LogP contribution in [-0.2, 0) is 0 Å². The number of carbonyl (C=O) groups is 1. The van der Waals surface area contributed by atoms with Gasteiger partial charge in [0, 0.05) is 18.7 Å². The van der Waals surface area contributed by atoms with Crippen molar-refractivity contribution in [3.05, 3.63) is 18.0 Å². The van der Waals surface area contributed by atoms with E-state index < -0.39 is 0 Å². The van der Waals surface area contributed by atoms with E-state index in [-0.39, 0.29) is 17.7 Å². The highest BCUT2D eigenvalue weighted by atomic mass is 16.5. The van der Waals surface area contributed by atoms with E-state index in [1.807, 2.05) is 0 Å². The van der Waals surface area contributed by atoms with Crippen LogP contribution in [0.25, 0.3) is 0 Å². The molecule has 0 saturated heterocycles. The predicted molar refractivity (Wildman–Crippen MR) is 49.5 cm³/mol. The first kappa shape index (κ1) is 9.21. The molecule has 0 aromatic carbocycles. The number of rotatable bonds is 4. The number of nitrogens with one attached hydrogen (secondary N) is 1. The van der Waals surface area contributed by atoms with Gasteiger partial charge in [0.2, 0.25) is 5.76 Å². The Bertz CT molecular complexity index is 306.